The van der Waals surface area contributed by atoms with Crippen molar-refractivity contribution in [1.29, 1.82) is 0 Å². The summed E-state index contributed by atoms with van der Waals surface area (Å²) in [5.41, 5.74) is -0.884. The van der Waals surface area contributed by atoms with Gasteiger partial charge in [0.05, 0.1) is 26.2 Å². The molecule has 58 heavy (non-hydrogen) atoms. The number of hydrogen-bond acceptors (Lipinski definition) is 14. The predicted molar refractivity (Wildman–Crippen MR) is 205 cm³/mol. The lowest BCUT2D eigenvalue weighted by molar-refractivity contribution is -0.169. The molecule has 2 N–H and O–H groups in total. The number of piperazine rings is 2. The molecule has 0 aromatic heterocycles. The van der Waals surface area contributed by atoms with Crippen molar-refractivity contribution in [2.45, 2.75) is 90.8 Å². The van der Waals surface area contributed by atoms with Crippen LogP contribution >= 0.6 is 0 Å². The Morgan fingerprint density at radius 1 is 0.552 bits per heavy atom. The lowest BCUT2D eigenvalue weighted by Gasteiger charge is -2.43. The summed E-state index contributed by atoms with van der Waals surface area (Å²) < 4.78 is 21.3. The standard InChI is InChI=1S/C40H52N6O12/c1-25(43-19-29(47)45(30(48)20-43)23-55-35(51)33(27-15-11-9-12-16-27)41-37(53)57-39(3,4)5)26(2)44-21-31(49)46(32(50)22-44)24-56-36(52)34(28-17-13-10-14-18-28)42-38(54)58-40(6,7)8/h9-18,25-26,33-34H,19-24H2,1-8H3,(H,41,53)(H,42,54)/t25-,26+,33-,34-/m1/s1. The van der Waals surface area contributed by atoms with Crippen molar-refractivity contribution in [3.05, 3.63) is 71.8 Å². The summed E-state index contributed by atoms with van der Waals surface area (Å²) in [6.07, 6.45) is -1.73. The Balaban J connectivity index is 1.31. The van der Waals surface area contributed by atoms with Crippen LogP contribution in [0, 0.1) is 0 Å². The largest absolute Gasteiger partial charge is 0.444 e. The van der Waals surface area contributed by atoms with Crippen LogP contribution < -0.4 is 10.6 Å². The van der Waals surface area contributed by atoms with Gasteiger partial charge in [-0.05, 0) is 66.5 Å². The molecule has 0 saturated carbocycles. The highest BCUT2D eigenvalue weighted by atomic mass is 16.6. The molecule has 0 radical (unpaired) electrons. The highest BCUT2D eigenvalue weighted by Crippen LogP contribution is 2.21. The fraction of sp³-hybridized carbons (Fsp3) is 0.500. The molecule has 2 aliphatic heterocycles. The second-order valence-electron chi connectivity index (χ2n) is 15.9. The molecule has 6 amide bonds. The molecule has 18 nitrogen and oxygen atoms in total. The molecular formula is C40H52N6O12. The number of hydrogen-bond donors (Lipinski definition) is 2. The maximum absolute atomic E-state index is 13.2. The molecule has 314 valence electrons. The van der Waals surface area contributed by atoms with Gasteiger partial charge in [-0.2, -0.15) is 0 Å². The van der Waals surface area contributed by atoms with E-state index in [0.717, 1.165) is 9.80 Å². The SMILES string of the molecule is C[C@H]([C@H](C)N1CC(=O)N(COC(=O)[C@H](NC(=O)OC(C)(C)C)c2ccccc2)C(=O)C1)N1CC(=O)N(COC(=O)[C@H](NC(=O)OC(C)(C)C)c2ccccc2)C(=O)C1. The van der Waals surface area contributed by atoms with Crippen LogP contribution in [0.3, 0.4) is 0 Å². The minimum absolute atomic E-state index is 0.231. The van der Waals surface area contributed by atoms with Gasteiger partial charge < -0.3 is 29.6 Å². The van der Waals surface area contributed by atoms with Gasteiger partial charge in [-0.15, -0.1) is 0 Å². The first-order valence-corrected chi connectivity index (χ1v) is 18.7. The molecule has 0 bridgehead atoms. The third-order valence-electron chi connectivity index (χ3n) is 9.14. The highest BCUT2D eigenvalue weighted by Gasteiger charge is 2.41. The quantitative estimate of drug-likeness (QED) is 0.169. The smallest absolute Gasteiger partial charge is 0.408 e. The van der Waals surface area contributed by atoms with E-state index in [0.29, 0.717) is 11.1 Å². The number of nitrogens with one attached hydrogen (secondary N) is 2. The van der Waals surface area contributed by atoms with Crippen molar-refractivity contribution in [3.8, 4) is 0 Å². The van der Waals surface area contributed by atoms with E-state index in [9.17, 15) is 38.4 Å². The van der Waals surface area contributed by atoms with Crippen molar-refractivity contribution in [2.24, 2.45) is 0 Å². The third-order valence-corrected chi connectivity index (χ3v) is 9.14. The van der Waals surface area contributed by atoms with Gasteiger partial charge in [0.1, 0.15) is 11.2 Å². The van der Waals surface area contributed by atoms with Crippen molar-refractivity contribution in [2.75, 3.05) is 39.6 Å². The number of imide groups is 2. The van der Waals surface area contributed by atoms with Crippen LogP contribution in [-0.4, -0.2) is 130 Å². The summed E-state index contributed by atoms with van der Waals surface area (Å²) in [4.78, 5) is 109. The van der Waals surface area contributed by atoms with Crippen molar-refractivity contribution >= 4 is 47.8 Å². The van der Waals surface area contributed by atoms with E-state index in [1.54, 1.807) is 126 Å². The van der Waals surface area contributed by atoms with E-state index >= 15 is 0 Å². The fourth-order valence-electron chi connectivity index (χ4n) is 6.02. The second kappa shape index (κ2) is 19.0. The van der Waals surface area contributed by atoms with Gasteiger partial charge in [0.15, 0.2) is 25.5 Å². The fourth-order valence-corrected chi connectivity index (χ4v) is 6.02. The second-order valence-corrected chi connectivity index (χ2v) is 15.9. The van der Waals surface area contributed by atoms with Gasteiger partial charge in [-0.25, -0.2) is 29.0 Å². The van der Waals surface area contributed by atoms with Gasteiger partial charge in [-0.3, -0.25) is 29.0 Å². The number of carbonyl (C=O) groups is 8. The Morgan fingerprint density at radius 3 is 1.12 bits per heavy atom. The average molecular weight is 809 g/mol. The number of benzene rings is 2. The Labute approximate surface area is 337 Å². The van der Waals surface area contributed by atoms with Crippen molar-refractivity contribution < 1.29 is 57.3 Å². The number of carbonyl (C=O) groups excluding carboxylic acids is 8. The van der Waals surface area contributed by atoms with Crippen LogP contribution in [0.2, 0.25) is 0 Å². The van der Waals surface area contributed by atoms with Crippen LogP contribution in [0.5, 0.6) is 0 Å². The zero-order chi connectivity index (χ0) is 42.9. The van der Waals surface area contributed by atoms with E-state index in [1.807, 2.05) is 0 Å². The zero-order valence-corrected chi connectivity index (χ0v) is 34.0. The predicted octanol–water partition coefficient (Wildman–Crippen LogP) is 2.64. The monoisotopic (exact) mass is 808 g/mol. The van der Waals surface area contributed by atoms with E-state index in [4.69, 9.17) is 18.9 Å². The molecule has 2 aromatic rings. The van der Waals surface area contributed by atoms with E-state index in [2.05, 4.69) is 10.6 Å². The minimum Gasteiger partial charge on any atom is -0.444 e. The van der Waals surface area contributed by atoms with Crippen molar-refractivity contribution in [1.82, 2.24) is 30.2 Å². The molecular weight excluding hydrogens is 756 g/mol. The number of ether oxygens (including phenoxy) is 4. The summed E-state index contributed by atoms with van der Waals surface area (Å²) in [5, 5.41) is 4.96. The summed E-state index contributed by atoms with van der Waals surface area (Å²) in [7, 11) is 0. The molecule has 0 spiro atoms. The van der Waals surface area contributed by atoms with Gasteiger partial charge >= 0.3 is 24.1 Å². The summed E-state index contributed by atoms with van der Waals surface area (Å²) in [6.45, 7) is 11.2. The minimum atomic E-state index is -1.28. The van der Waals surface area contributed by atoms with Crippen LogP contribution in [0.25, 0.3) is 0 Å². The topological polar surface area (TPSA) is 210 Å². The zero-order valence-electron chi connectivity index (χ0n) is 34.0. The number of nitrogens with zero attached hydrogens (tertiary/aromatic N) is 4. The van der Waals surface area contributed by atoms with Crippen LogP contribution in [0.1, 0.15) is 78.6 Å². The van der Waals surface area contributed by atoms with Gasteiger partial charge in [-0.1, -0.05) is 60.7 Å². The Morgan fingerprint density at radius 2 is 0.845 bits per heavy atom. The summed E-state index contributed by atoms with van der Waals surface area (Å²) >= 11 is 0. The van der Waals surface area contributed by atoms with Gasteiger partial charge in [0.25, 0.3) is 0 Å². The molecule has 0 aliphatic carbocycles. The normalized spacial score (nSPS) is 17.8. The molecule has 4 rings (SSSR count). The Hall–Kier alpha value is -5.88. The van der Waals surface area contributed by atoms with Gasteiger partial charge in [0.2, 0.25) is 23.6 Å². The first-order valence-electron chi connectivity index (χ1n) is 18.7. The number of rotatable bonds is 13. The van der Waals surface area contributed by atoms with Crippen LogP contribution in [-0.2, 0) is 47.7 Å². The van der Waals surface area contributed by atoms with E-state index in [-0.39, 0.29) is 26.2 Å². The lowest BCUT2D eigenvalue weighted by Crippen LogP contribution is -2.63. The maximum atomic E-state index is 13.2. The first-order chi connectivity index (χ1) is 27.1. The van der Waals surface area contributed by atoms with Crippen molar-refractivity contribution in [3.63, 3.8) is 0 Å². The average Bonchev–Trinajstić information content (AvgIpc) is 3.13. The molecule has 2 heterocycles. The molecule has 2 aliphatic rings. The summed E-state index contributed by atoms with van der Waals surface area (Å²) in [6, 6.07) is 13.0. The van der Waals surface area contributed by atoms with E-state index in [1.165, 1.54) is 0 Å². The molecule has 4 atom stereocenters. The number of esters is 2. The summed E-state index contributed by atoms with van der Waals surface area (Å²) in [5.74, 6) is -4.42. The van der Waals surface area contributed by atoms with Crippen LogP contribution in [0.15, 0.2) is 60.7 Å². The highest BCUT2D eigenvalue weighted by molar-refractivity contribution is 6.00. The van der Waals surface area contributed by atoms with Crippen LogP contribution in [0.4, 0.5) is 9.59 Å². The lowest BCUT2D eigenvalue weighted by atomic mass is 10.1. The Kier molecular flexibility index (Phi) is 14.7. The Bertz CT molecular complexity index is 1680. The van der Waals surface area contributed by atoms with Gasteiger partial charge in [0, 0.05) is 12.1 Å². The molecule has 2 saturated heterocycles. The molecule has 18 heteroatoms. The van der Waals surface area contributed by atoms with E-state index < -0.39 is 96.6 Å². The molecule has 2 fully saturated rings. The maximum Gasteiger partial charge on any atom is 0.408 e. The molecule has 0 unspecified atom stereocenters. The first kappa shape index (κ1) is 44.8. The number of amides is 6. The third kappa shape index (κ3) is 12.6. The molecule has 2 aromatic carbocycles. The number of alkyl carbamates (subject to hydrolysis) is 2.